The third-order valence-electron chi connectivity index (χ3n) is 2.05. The number of anilines is 2. The Labute approximate surface area is 101 Å². The fourth-order valence-corrected chi connectivity index (χ4v) is 1.28. The van der Waals surface area contributed by atoms with Crippen molar-refractivity contribution in [3.8, 4) is 5.88 Å². The predicted molar refractivity (Wildman–Crippen MR) is 66.2 cm³/mol. The van der Waals surface area contributed by atoms with E-state index in [0.29, 0.717) is 30.5 Å². The molecule has 4 N–H and O–H groups in total. The topological polar surface area (TPSA) is 89.6 Å². The van der Waals surface area contributed by atoms with Crippen molar-refractivity contribution in [2.24, 2.45) is 0 Å². The zero-order valence-corrected chi connectivity index (χ0v) is 10.1. The Morgan fingerprint density at radius 3 is 2.94 bits per heavy atom. The van der Waals surface area contributed by atoms with Crippen LogP contribution in [0.1, 0.15) is 6.92 Å². The SMILES string of the molecule is CCOc1nc(NCC(O)COC)ccc1N. The molecule has 6 heteroatoms. The summed E-state index contributed by atoms with van der Waals surface area (Å²) in [5.74, 6) is 1.01. The van der Waals surface area contributed by atoms with Crippen LogP contribution in [-0.4, -0.2) is 43.1 Å². The largest absolute Gasteiger partial charge is 0.476 e. The molecule has 96 valence electrons. The normalized spacial score (nSPS) is 12.2. The number of ether oxygens (including phenoxy) is 2. The molecule has 1 rings (SSSR count). The van der Waals surface area contributed by atoms with Gasteiger partial charge in [0.2, 0.25) is 5.88 Å². The minimum atomic E-state index is -0.574. The van der Waals surface area contributed by atoms with Gasteiger partial charge in [0, 0.05) is 13.7 Å². The Bertz CT molecular complexity index is 347. The molecule has 0 fully saturated rings. The number of rotatable bonds is 7. The summed E-state index contributed by atoms with van der Waals surface area (Å²) in [7, 11) is 1.54. The van der Waals surface area contributed by atoms with Crippen molar-refractivity contribution in [3.05, 3.63) is 12.1 Å². The summed E-state index contributed by atoms with van der Waals surface area (Å²) < 4.78 is 10.1. The van der Waals surface area contributed by atoms with E-state index >= 15 is 0 Å². The highest BCUT2D eigenvalue weighted by Crippen LogP contribution is 2.20. The first-order valence-electron chi connectivity index (χ1n) is 5.47. The monoisotopic (exact) mass is 241 g/mol. The van der Waals surface area contributed by atoms with Gasteiger partial charge in [-0.2, -0.15) is 4.98 Å². The number of nitrogens with one attached hydrogen (secondary N) is 1. The Hall–Kier alpha value is -1.53. The maximum atomic E-state index is 9.47. The molecule has 0 saturated carbocycles. The number of aliphatic hydroxyl groups excluding tert-OH is 1. The van der Waals surface area contributed by atoms with Crippen molar-refractivity contribution >= 4 is 11.5 Å². The second-order valence-electron chi connectivity index (χ2n) is 3.51. The van der Waals surface area contributed by atoms with Gasteiger partial charge in [-0.3, -0.25) is 0 Å². The molecule has 6 nitrogen and oxygen atoms in total. The van der Waals surface area contributed by atoms with Crippen molar-refractivity contribution in [1.82, 2.24) is 4.98 Å². The van der Waals surface area contributed by atoms with Crippen LogP contribution in [-0.2, 0) is 4.74 Å². The number of hydrogen-bond acceptors (Lipinski definition) is 6. The van der Waals surface area contributed by atoms with Crippen LogP contribution in [0.2, 0.25) is 0 Å². The first kappa shape index (κ1) is 13.5. The Balaban J connectivity index is 2.56. The number of nitrogens with two attached hydrogens (primary N) is 1. The summed E-state index contributed by atoms with van der Waals surface area (Å²) in [6.45, 7) is 3.01. The van der Waals surface area contributed by atoms with Gasteiger partial charge in [-0.15, -0.1) is 0 Å². The standard InChI is InChI=1S/C11H19N3O3/c1-3-17-11-9(12)4-5-10(14-11)13-6-8(15)7-16-2/h4-5,8,15H,3,6-7,12H2,1-2H3,(H,13,14). The average molecular weight is 241 g/mol. The molecule has 0 bridgehead atoms. The molecule has 1 unspecified atom stereocenters. The molecule has 1 heterocycles. The van der Waals surface area contributed by atoms with Crippen LogP contribution in [0.25, 0.3) is 0 Å². The lowest BCUT2D eigenvalue weighted by atomic mass is 10.3. The van der Waals surface area contributed by atoms with E-state index in [-0.39, 0.29) is 6.61 Å². The van der Waals surface area contributed by atoms with Crippen molar-refractivity contribution < 1.29 is 14.6 Å². The van der Waals surface area contributed by atoms with Gasteiger partial charge in [-0.25, -0.2) is 0 Å². The van der Waals surface area contributed by atoms with Gasteiger partial charge in [0.1, 0.15) is 5.82 Å². The molecule has 1 aromatic rings. The zero-order valence-electron chi connectivity index (χ0n) is 10.1. The van der Waals surface area contributed by atoms with Gasteiger partial charge in [-0.1, -0.05) is 0 Å². The Kier molecular flexibility index (Phi) is 5.51. The number of aromatic nitrogens is 1. The summed E-state index contributed by atoms with van der Waals surface area (Å²) in [5, 5.41) is 12.4. The predicted octanol–water partition coefficient (Wildman–Crippen LogP) is 0.482. The first-order valence-corrected chi connectivity index (χ1v) is 5.47. The fraction of sp³-hybridized carbons (Fsp3) is 0.545. The van der Waals surface area contributed by atoms with Gasteiger partial charge in [0.25, 0.3) is 0 Å². The summed E-state index contributed by atoms with van der Waals surface area (Å²) >= 11 is 0. The molecule has 0 aliphatic rings. The van der Waals surface area contributed by atoms with E-state index in [4.69, 9.17) is 15.2 Å². The molecule has 0 spiro atoms. The van der Waals surface area contributed by atoms with Crippen molar-refractivity contribution in [3.63, 3.8) is 0 Å². The number of pyridine rings is 1. The van der Waals surface area contributed by atoms with Gasteiger partial charge in [0.05, 0.1) is 25.0 Å². The summed E-state index contributed by atoms with van der Waals surface area (Å²) in [6, 6.07) is 3.44. The fourth-order valence-electron chi connectivity index (χ4n) is 1.28. The third-order valence-corrected chi connectivity index (χ3v) is 2.05. The van der Waals surface area contributed by atoms with Crippen LogP contribution in [0.3, 0.4) is 0 Å². The molecule has 0 radical (unpaired) electrons. The highest BCUT2D eigenvalue weighted by molar-refractivity contribution is 5.53. The lowest BCUT2D eigenvalue weighted by Gasteiger charge is -2.12. The number of nitrogen functional groups attached to an aromatic ring is 1. The van der Waals surface area contributed by atoms with Crippen molar-refractivity contribution in [2.75, 3.05) is 37.9 Å². The highest BCUT2D eigenvalue weighted by Gasteiger charge is 2.06. The number of aliphatic hydroxyl groups is 1. The lowest BCUT2D eigenvalue weighted by Crippen LogP contribution is -2.24. The Morgan fingerprint density at radius 1 is 1.53 bits per heavy atom. The Morgan fingerprint density at radius 2 is 2.29 bits per heavy atom. The van der Waals surface area contributed by atoms with E-state index in [0.717, 1.165) is 0 Å². The molecule has 0 aromatic carbocycles. The summed E-state index contributed by atoms with van der Waals surface area (Å²) in [5.41, 5.74) is 6.19. The maximum Gasteiger partial charge on any atom is 0.239 e. The number of nitrogens with zero attached hydrogens (tertiary/aromatic N) is 1. The van der Waals surface area contributed by atoms with Crippen LogP contribution >= 0.6 is 0 Å². The maximum absolute atomic E-state index is 9.47. The molecule has 17 heavy (non-hydrogen) atoms. The quantitative estimate of drug-likeness (QED) is 0.643. The van der Waals surface area contributed by atoms with E-state index < -0.39 is 6.10 Å². The molecule has 1 aromatic heterocycles. The average Bonchev–Trinajstić information content (AvgIpc) is 2.31. The molecule has 0 saturated heterocycles. The van der Waals surface area contributed by atoms with Crippen LogP contribution in [0.5, 0.6) is 5.88 Å². The second kappa shape index (κ2) is 6.93. The number of methoxy groups -OCH3 is 1. The molecular weight excluding hydrogens is 222 g/mol. The first-order chi connectivity index (χ1) is 8.17. The van der Waals surface area contributed by atoms with Crippen molar-refractivity contribution in [1.29, 1.82) is 0 Å². The summed E-state index contributed by atoms with van der Waals surface area (Å²) in [4.78, 5) is 4.18. The van der Waals surface area contributed by atoms with E-state index in [1.54, 1.807) is 12.1 Å². The van der Waals surface area contributed by atoms with Crippen LogP contribution in [0, 0.1) is 0 Å². The molecule has 0 amide bonds. The van der Waals surface area contributed by atoms with E-state index in [1.807, 2.05) is 6.92 Å². The van der Waals surface area contributed by atoms with Crippen molar-refractivity contribution in [2.45, 2.75) is 13.0 Å². The lowest BCUT2D eigenvalue weighted by molar-refractivity contribution is 0.0727. The minimum Gasteiger partial charge on any atom is -0.476 e. The zero-order chi connectivity index (χ0) is 12.7. The van der Waals surface area contributed by atoms with Gasteiger partial charge >= 0.3 is 0 Å². The van der Waals surface area contributed by atoms with Crippen LogP contribution in [0.15, 0.2) is 12.1 Å². The highest BCUT2D eigenvalue weighted by atomic mass is 16.5. The van der Waals surface area contributed by atoms with Gasteiger partial charge in [0.15, 0.2) is 0 Å². The van der Waals surface area contributed by atoms with Gasteiger partial charge in [-0.05, 0) is 19.1 Å². The molecule has 0 aliphatic carbocycles. The minimum absolute atomic E-state index is 0.278. The summed E-state index contributed by atoms with van der Waals surface area (Å²) in [6.07, 6.45) is -0.574. The van der Waals surface area contributed by atoms with E-state index in [1.165, 1.54) is 7.11 Å². The molecule has 0 aliphatic heterocycles. The van der Waals surface area contributed by atoms with Crippen LogP contribution in [0.4, 0.5) is 11.5 Å². The van der Waals surface area contributed by atoms with E-state index in [9.17, 15) is 5.11 Å². The molecular formula is C11H19N3O3. The van der Waals surface area contributed by atoms with Gasteiger partial charge < -0.3 is 25.6 Å². The smallest absolute Gasteiger partial charge is 0.239 e. The molecule has 1 atom stereocenters. The third kappa shape index (κ3) is 4.46. The second-order valence-corrected chi connectivity index (χ2v) is 3.51. The van der Waals surface area contributed by atoms with E-state index in [2.05, 4.69) is 10.3 Å². The van der Waals surface area contributed by atoms with Crippen LogP contribution < -0.4 is 15.8 Å². The number of hydrogen-bond donors (Lipinski definition) is 3.